The van der Waals surface area contributed by atoms with Crippen LogP contribution in [0.5, 0.6) is 0 Å². The number of rotatable bonds is 1. The van der Waals surface area contributed by atoms with Gasteiger partial charge in [-0.2, -0.15) is 4.68 Å². The lowest BCUT2D eigenvalue weighted by Gasteiger charge is -2.00. The van der Waals surface area contributed by atoms with E-state index in [1.165, 1.54) is 4.68 Å². The second kappa shape index (κ2) is 3.79. The average molecular weight is 224 g/mol. The van der Waals surface area contributed by atoms with Crippen LogP contribution in [-0.4, -0.2) is 25.9 Å². The Bertz CT molecular complexity index is 675. The van der Waals surface area contributed by atoms with Gasteiger partial charge in [-0.15, -0.1) is 5.10 Å². The predicted molar refractivity (Wildman–Crippen MR) is 61.5 cm³/mol. The number of aromatic nitrogens is 4. The molecule has 0 saturated heterocycles. The third kappa shape index (κ3) is 1.57. The Morgan fingerprint density at radius 1 is 1.12 bits per heavy atom. The topological polar surface area (TPSA) is 60.7 Å². The molecule has 5 heteroatoms. The first-order valence-corrected chi connectivity index (χ1v) is 5.11. The molecule has 0 aliphatic carbocycles. The van der Waals surface area contributed by atoms with E-state index in [2.05, 4.69) is 15.3 Å². The maximum Gasteiger partial charge on any atom is 0.280 e. The van der Waals surface area contributed by atoms with Gasteiger partial charge in [-0.25, -0.2) is 0 Å². The van der Waals surface area contributed by atoms with E-state index in [0.717, 1.165) is 0 Å². The minimum absolute atomic E-state index is 0.195. The number of nitrogens with zero attached hydrogens (tertiary/aromatic N) is 4. The van der Waals surface area contributed by atoms with Crippen molar-refractivity contribution >= 4 is 16.9 Å². The van der Waals surface area contributed by atoms with Gasteiger partial charge in [0.25, 0.3) is 5.91 Å². The molecule has 2 heterocycles. The summed E-state index contributed by atoms with van der Waals surface area (Å²) in [4.78, 5) is 16.1. The Labute approximate surface area is 96.7 Å². The number of carbonyl (C=O) groups excluding carboxylic acids is 1. The fraction of sp³-hybridized carbons (Fsp3) is 0. The van der Waals surface area contributed by atoms with Gasteiger partial charge in [-0.3, -0.25) is 9.78 Å². The molecule has 2 aromatic heterocycles. The molecule has 0 radical (unpaired) electrons. The van der Waals surface area contributed by atoms with Crippen molar-refractivity contribution in [2.75, 3.05) is 0 Å². The smallest absolute Gasteiger partial charge is 0.267 e. The van der Waals surface area contributed by atoms with Gasteiger partial charge in [0.05, 0.1) is 6.20 Å². The molecule has 0 aliphatic rings. The van der Waals surface area contributed by atoms with Crippen LogP contribution in [0.25, 0.3) is 11.0 Å². The van der Waals surface area contributed by atoms with E-state index >= 15 is 0 Å². The van der Waals surface area contributed by atoms with Gasteiger partial charge in [-0.1, -0.05) is 23.4 Å². The first-order valence-electron chi connectivity index (χ1n) is 5.11. The summed E-state index contributed by atoms with van der Waals surface area (Å²) in [6.45, 7) is 0. The lowest BCUT2D eigenvalue weighted by Crippen LogP contribution is -2.13. The van der Waals surface area contributed by atoms with Crippen LogP contribution >= 0.6 is 0 Å². The maximum absolute atomic E-state index is 12.2. The minimum atomic E-state index is -0.195. The summed E-state index contributed by atoms with van der Waals surface area (Å²) < 4.78 is 1.28. The van der Waals surface area contributed by atoms with E-state index < -0.39 is 0 Å². The second-order valence-corrected chi connectivity index (χ2v) is 3.54. The summed E-state index contributed by atoms with van der Waals surface area (Å²) in [5.41, 5.74) is 1.85. The zero-order valence-electron chi connectivity index (χ0n) is 8.82. The molecule has 82 valence electrons. The molecule has 0 bridgehead atoms. The molecule has 3 rings (SSSR count). The number of hydrogen-bond donors (Lipinski definition) is 0. The number of pyridine rings is 1. The Morgan fingerprint density at radius 2 is 1.94 bits per heavy atom. The number of benzene rings is 1. The monoisotopic (exact) mass is 224 g/mol. The Hall–Kier alpha value is -2.56. The van der Waals surface area contributed by atoms with Gasteiger partial charge >= 0.3 is 0 Å². The van der Waals surface area contributed by atoms with Crippen molar-refractivity contribution in [2.45, 2.75) is 0 Å². The summed E-state index contributed by atoms with van der Waals surface area (Å²) >= 11 is 0. The van der Waals surface area contributed by atoms with E-state index in [-0.39, 0.29) is 5.91 Å². The van der Waals surface area contributed by atoms with Crippen LogP contribution in [-0.2, 0) is 0 Å². The van der Waals surface area contributed by atoms with Crippen molar-refractivity contribution in [3.8, 4) is 0 Å². The van der Waals surface area contributed by atoms with Crippen LogP contribution in [0.4, 0.5) is 0 Å². The van der Waals surface area contributed by atoms with Crippen LogP contribution in [0.15, 0.2) is 48.8 Å². The first-order chi connectivity index (χ1) is 8.36. The van der Waals surface area contributed by atoms with Gasteiger partial charge in [0.2, 0.25) is 0 Å². The van der Waals surface area contributed by atoms with E-state index in [1.807, 2.05) is 18.2 Å². The normalized spacial score (nSPS) is 10.6. The Kier molecular flexibility index (Phi) is 2.15. The van der Waals surface area contributed by atoms with E-state index in [1.54, 1.807) is 30.6 Å². The van der Waals surface area contributed by atoms with Gasteiger partial charge in [0.1, 0.15) is 11.0 Å². The Morgan fingerprint density at radius 3 is 2.76 bits per heavy atom. The highest BCUT2D eigenvalue weighted by molar-refractivity contribution is 5.99. The number of fused-ring (bicyclic) bond motifs is 1. The molecule has 0 amide bonds. The SMILES string of the molecule is O=C(c1ccccc1)n1nnc2cnccc21. The number of carbonyl (C=O) groups is 1. The predicted octanol–water partition coefficient (Wildman–Crippen LogP) is 1.51. The third-order valence-corrected chi connectivity index (χ3v) is 2.46. The zero-order chi connectivity index (χ0) is 11.7. The summed E-state index contributed by atoms with van der Waals surface area (Å²) in [5.74, 6) is -0.195. The lowest BCUT2D eigenvalue weighted by molar-refractivity contribution is 0.0948. The zero-order valence-corrected chi connectivity index (χ0v) is 8.82. The molecule has 0 aliphatic heterocycles. The minimum Gasteiger partial charge on any atom is -0.267 e. The molecule has 3 aromatic rings. The van der Waals surface area contributed by atoms with Crippen molar-refractivity contribution in [2.24, 2.45) is 0 Å². The van der Waals surface area contributed by atoms with Crippen LogP contribution in [0, 0.1) is 0 Å². The number of hydrogen-bond acceptors (Lipinski definition) is 4. The lowest BCUT2D eigenvalue weighted by atomic mass is 10.2. The fourth-order valence-corrected chi connectivity index (χ4v) is 1.63. The highest BCUT2D eigenvalue weighted by Gasteiger charge is 2.13. The summed E-state index contributed by atoms with van der Waals surface area (Å²) in [6, 6.07) is 10.7. The van der Waals surface area contributed by atoms with Gasteiger partial charge in [0, 0.05) is 11.8 Å². The molecule has 0 fully saturated rings. The highest BCUT2D eigenvalue weighted by atomic mass is 16.2. The van der Waals surface area contributed by atoms with Gasteiger partial charge in [0.15, 0.2) is 0 Å². The summed E-state index contributed by atoms with van der Waals surface area (Å²) in [6.07, 6.45) is 3.19. The van der Waals surface area contributed by atoms with Gasteiger partial charge < -0.3 is 0 Å². The van der Waals surface area contributed by atoms with E-state index in [9.17, 15) is 4.79 Å². The molecule has 0 unspecified atom stereocenters. The average Bonchev–Trinajstić information content (AvgIpc) is 2.83. The standard InChI is InChI=1S/C12H8N4O/c17-12(9-4-2-1-3-5-9)16-11-6-7-13-8-10(11)14-15-16/h1-8H. The van der Waals surface area contributed by atoms with E-state index in [0.29, 0.717) is 16.6 Å². The molecule has 0 saturated carbocycles. The highest BCUT2D eigenvalue weighted by Crippen LogP contribution is 2.10. The van der Waals surface area contributed by atoms with Crippen LogP contribution in [0.1, 0.15) is 10.4 Å². The third-order valence-electron chi connectivity index (χ3n) is 2.46. The second-order valence-electron chi connectivity index (χ2n) is 3.54. The fourth-order valence-electron chi connectivity index (χ4n) is 1.63. The maximum atomic E-state index is 12.2. The van der Waals surface area contributed by atoms with Crippen molar-refractivity contribution in [3.63, 3.8) is 0 Å². The first kappa shape index (κ1) is 9.65. The molecule has 0 N–H and O–H groups in total. The molecular weight excluding hydrogens is 216 g/mol. The molecule has 5 nitrogen and oxygen atoms in total. The van der Waals surface area contributed by atoms with Crippen LogP contribution in [0.2, 0.25) is 0 Å². The van der Waals surface area contributed by atoms with Crippen molar-refractivity contribution in [1.82, 2.24) is 20.0 Å². The van der Waals surface area contributed by atoms with Crippen molar-refractivity contribution in [1.29, 1.82) is 0 Å². The molecule has 0 atom stereocenters. The summed E-state index contributed by atoms with van der Waals surface area (Å²) in [5, 5.41) is 7.74. The van der Waals surface area contributed by atoms with E-state index in [4.69, 9.17) is 0 Å². The quantitative estimate of drug-likeness (QED) is 0.628. The van der Waals surface area contributed by atoms with Gasteiger partial charge in [-0.05, 0) is 18.2 Å². The largest absolute Gasteiger partial charge is 0.280 e. The molecule has 1 aromatic carbocycles. The van der Waals surface area contributed by atoms with Crippen molar-refractivity contribution in [3.05, 3.63) is 54.4 Å². The van der Waals surface area contributed by atoms with Crippen LogP contribution in [0.3, 0.4) is 0 Å². The van der Waals surface area contributed by atoms with Crippen molar-refractivity contribution < 1.29 is 4.79 Å². The Balaban J connectivity index is 2.14. The van der Waals surface area contributed by atoms with Crippen LogP contribution < -0.4 is 0 Å². The molecule has 0 spiro atoms. The summed E-state index contributed by atoms with van der Waals surface area (Å²) in [7, 11) is 0. The molecule has 17 heavy (non-hydrogen) atoms. The molecular formula is C12H8N4O.